The number of carbonyl (C=O) groups excluding carboxylic acids is 1. The van der Waals surface area contributed by atoms with Gasteiger partial charge in [-0.2, -0.15) is 8.42 Å². The van der Waals surface area contributed by atoms with Crippen molar-refractivity contribution in [3.8, 4) is 0 Å². The SMILES string of the molecule is COC(C)(C(=O)Nc1cccc(NS(N)(=O)=O)c1)c1ccccc1. The molecule has 1 unspecified atom stereocenters. The number of rotatable bonds is 6. The molecular formula is C16H19N3O4S. The first-order valence-electron chi connectivity index (χ1n) is 7.07. The van der Waals surface area contributed by atoms with Gasteiger partial charge in [0.2, 0.25) is 0 Å². The van der Waals surface area contributed by atoms with Gasteiger partial charge in [-0.1, -0.05) is 36.4 Å². The third kappa shape index (κ3) is 4.31. The van der Waals surface area contributed by atoms with Gasteiger partial charge < -0.3 is 10.1 Å². The van der Waals surface area contributed by atoms with Crippen LogP contribution >= 0.6 is 0 Å². The lowest BCUT2D eigenvalue weighted by Gasteiger charge is -2.27. The molecule has 0 spiro atoms. The molecule has 0 heterocycles. The van der Waals surface area contributed by atoms with Crippen molar-refractivity contribution in [2.75, 3.05) is 17.1 Å². The predicted octanol–water partition coefficient (Wildman–Crippen LogP) is 1.80. The highest BCUT2D eigenvalue weighted by atomic mass is 32.2. The fourth-order valence-corrected chi connectivity index (χ4v) is 2.63. The zero-order valence-corrected chi connectivity index (χ0v) is 14.1. The minimum absolute atomic E-state index is 0.245. The third-order valence-corrected chi connectivity index (χ3v) is 4.07. The van der Waals surface area contributed by atoms with Crippen LogP contribution in [-0.4, -0.2) is 21.4 Å². The average Bonchev–Trinajstić information content (AvgIpc) is 2.53. The van der Waals surface area contributed by atoms with Crippen molar-refractivity contribution in [2.45, 2.75) is 12.5 Å². The van der Waals surface area contributed by atoms with Crippen molar-refractivity contribution in [3.05, 3.63) is 60.2 Å². The highest BCUT2D eigenvalue weighted by Crippen LogP contribution is 2.27. The first-order chi connectivity index (χ1) is 11.2. The van der Waals surface area contributed by atoms with E-state index >= 15 is 0 Å². The molecule has 2 rings (SSSR count). The number of amides is 1. The molecule has 0 aromatic heterocycles. The summed E-state index contributed by atoms with van der Waals surface area (Å²) in [6.45, 7) is 1.66. The molecule has 0 fully saturated rings. The third-order valence-electron chi connectivity index (χ3n) is 3.55. The van der Waals surface area contributed by atoms with Gasteiger partial charge in [0.05, 0.1) is 5.69 Å². The number of methoxy groups -OCH3 is 1. The number of nitrogens with two attached hydrogens (primary N) is 1. The second-order valence-corrected chi connectivity index (χ2v) is 6.58. The molecule has 2 aromatic rings. The Labute approximate surface area is 141 Å². The lowest BCUT2D eigenvalue weighted by Crippen LogP contribution is -2.39. The molecule has 1 amide bonds. The molecule has 8 heteroatoms. The van der Waals surface area contributed by atoms with E-state index in [0.29, 0.717) is 11.3 Å². The molecule has 4 N–H and O–H groups in total. The highest BCUT2D eigenvalue weighted by molar-refractivity contribution is 7.90. The minimum Gasteiger partial charge on any atom is -0.364 e. The molecule has 7 nitrogen and oxygen atoms in total. The van der Waals surface area contributed by atoms with Gasteiger partial charge in [0, 0.05) is 12.8 Å². The summed E-state index contributed by atoms with van der Waals surface area (Å²) in [6.07, 6.45) is 0. The maximum atomic E-state index is 12.7. The molecule has 0 saturated carbocycles. The molecule has 24 heavy (non-hydrogen) atoms. The van der Waals surface area contributed by atoms with Crippen LogP contribution < -0.4 is 15.2 Å². The number of anilines is 2. The van der Waals surface area contributed by atoms with Crippen molar-refractivity contribution in [3.63, 3.8) is 0 Å². The summed E-state index contributed by atoms with van der Waals surface area (Å²) in [4.78, 5) is 12.7. The van der Waals surface area contributed by atoms with Crippen LogP contribution in [0, 0.1) is 0 Å². The van der Waals surface area contributed by atoms with E-state index in [4.69, 9.17) is 9.88 Å². The van der Waals surface area contributed by atoms with Crippen molar-refractivity contribution in [1.29, 1.82) is 0 Å². The Morgan fingerprint density at radius 2 is 1.71 bits per heavy atom. The highest BCUT2D eigenvalue weighted by Gasteiger charge is 2.35. The zero-order valence-electron chi connectivity index (χ0n) is 13.3. The first kappa shape index (κ1) is 17.9. The van der Waals surface area contributed by atoms with Gasteiger partial charge in [-0.25, -0.2) is 5.14 Å². The number of benzene rings is 2. The van der Waals surface area contributed by atoms with Crippen LogP contribution in [-0.2, 0) is 25.3 Å². The van der Waals surface area contributed by atoms with Crippen molar-refractivity contribution in [1.82, 2.24) is 0 Å². The van der Waals surface area contributed by atoms with E-state index in [1.54, 1.807) is 31.2 Å². The normalized spacial score (nSPS) is 13.8. The molecule has 0 aliphatic carbocycles. The van der Waals surface area contributed by atoms with Gasteiger partial charge in [0.25, 0.3) is 16.1 Å². The van der Waals surface area contributed by atoms with E-state index in [1.165, 1.54) is 19.2 Å². The van der Waals surface area contributed by atoms with E-state index in [9.17, 15) is 13.2 Å². The van der Waals surface area contributed by atoms with E-state index < -0.39 is 15.8 Å². The van der Waals surface area contributed by atoms with Gasteiger partial charge in [-0.3, -0.25) is 9.52 Å². The number of hydrogen-bond acceptors (Lipinski definition) is 4. The van der Waals surface area contributed by atoms with Crippen LogP contribution in [0.25, 0.3) is 0 Å². The van der Waals surface area contributed by atoms with Crippen LogP contribution in [0.4, 0.5) is 11.4 Å². The largest absolute Gasteiger partial charge is 0.364 e. The monoisotopic (exact) mass is 349 g/mol. The van der Waals surface area contributed by atoms with Gasteiger partial charge in [-0.15, -0.1) is 0 Å². The molecule has 0 saturated heterocycles. The fourth-order valence-electron chi connectivity index (χ4n) is 2.17. The van der Waals surface area contributed by atoms with Crippen LogP contribution in [0.15, 0.2) is 54.6 Å². The van der Waals surface area contributed by atoms with Crippen molar-refractivity contribution < 1.29 is 17.9 Å². The Bertz CT molecular complexity index is 824. The Morgan fingerprint density at radius 3 is 2.29 bits per heavy atom. The average molecular weight is 349 g/mol. The van der Waals surface area contributed by atoms with Crippen molar-refractivity contribution in [2.24, 2.45) is 5.14 Å². The summed E-state index contributed by atoms with van der Waals surface area (Å²) in [5.74, 6) is -0.385. The molecule has 2 aromatic carbocycles. The van der Waals surface area contributed by atoms with E-state index in [-0.39, 0.29) is 11.6 Å². The zero-order chi connectivity index (χ0) is 17.8. The first-order valence-corrected chi connectivity index (χ1v) is 8.62. The minimum atomic E-state index is -3.89. The Hall–Kier alpha value is -2.42. The van der Waals surface area contributed by atoms with Gasteiger partial charge in [0.1, 0.15) is 0 Å². The Morgan fingerprint density at radius 1 is 1.08 bits per heavy atom. The maximum absolute atomic E-state index is 12.7. The van der Waals surface area contributed by atoms with Crippen LogP contribution in [0.5, 0.6) is 0 Å². The Kier molecular flexibility index (Phi) is 5.23. The maximum Gasteiger partial charge on any atom is 0.296 e. The number of hydrogen-bond donors (Lipinski definition) is 3. The molecule has 0 bridgehead atoms. The van der Waals surface area contributed by atoms with Gasteiger partial charge in [0.15, 0.2) is 5.60 Å². The van der Waals surface area contributed by atoms with Crippen LogP contribution in [0.2, 0.25) is 0 Å². The second-order valence-electron chi connectivity index (χ2n) is 5.29. The molecule has 0 aliphatic rings. The quantitative estimate of drug-likeness (QED) is 0.738. The molecule has 128 valence electrons. The summed E-state index contributed by atoms with van der Waals surface area (Å²) in [7, 11) is -2.44. The molecule has 0 radical (unpaired) electrons. The van der Waals surface area contributed by atoms with Crippen LogP contribution in [0.1, 0.15) is 12.5 Å². The molecular weight excluding hydrogens is 330 g/mol. The van der Waals surface area contributed by atoms with Gasteiger partial charge in [-0.05, 0) is 30.7 Å². The Balaban J connectivity index is 2.24. The lowest BCUT2D eigenvalue weighted by molar-refractivity contribution is -0.136. The molecule has 0 aliphatic heterocycles. The number of ether oxygens (including phenoxy) is 1. The second kappa shape index (κ2) is 7.00. The van der Waals surface area contributed by atoms with E-state index in [1.807, 2.05) is 18.2 Å². The summed E-state index contributed by atoms with van der Waals surface area (Å²) < 4.78 is 29.7. The van der Waals surface area contributed by atoms with Crippen molar-refractivity contribution >= 4 is 27.5 Å². The number of nitrogens with one attached hydrogen (secondary N) is 2. The smallest absolute Gasteiger partial charge is 0.296 e. The summed E-state index contributed by atoms with van der Waals surface area (Å²) >= 11 is 0. The van der Waals surface area contributed by atoms with Crippen LogP contribution in [0.3, 0.4) is 0 Å². The van der Waals surface area contributed by atoms with Gasteiger partial charge >= 0.3 is 0 Å². The summed E-state index contributed by atoms with van der Waals surface area (Å²) in [5, 5.41) is 7.66. The lowest BCUT2D eigenvalue weighted by atomic mass is 9.94. The fraction of sp³-hybridized carbons (Fsp3) is 0.188. The standard InChI is InChI=1S/C16H19N3O4S/c1-16(23-2,12-7-4-3-5-8-12)15(20)18-13-9-6-10-14(11-13)19-24(17,21)22/h3-11,19H,1-2H3,(H,18,20)(H2,17,21,22). The molecule has 1 atom stereocenters. The van der Waals surface area contributed by atoms with E-state index in [0.717, 1.165) is 0 Å². The number of carbonyl (C=O) groups is 1. The topological polar surface area (TPSA) is 111 Å². The summed E-state index contributed by atoms with van der Waals surface area (Å²) in [5.41, 5.74) is 0.163. The summed E-state index contributed by atoms with van der Waals surface area (Å²) in [6, 6.07) is 15.3. The van der Waals surface area contributed by atoms with E-state index in [2.05, 4.69) is 10.0 Å². The predicted molar refractivity (Wildman–Crippen MR) is 92.6 cm³/mol.